The van der Waals surface area contributed by atoms with Gasteiger partial charge in [0.25, 0.3) is 0 Å². The van der Waals surface area contributed by atoms with Gasteiger partial charge in [-0.1, -0.05) is 18.2 Å². The monoisotopic (exact) mass is 287 g/mol. The summed E-state index contributed by atoms with van der Waals surface area (Å²) in [5.41, 5.74) is 1.89. The fourth-order valence-corrected chi connectivity index (χ4v) is 2.23. The number of benzene rings is 2. The van der Waals surface area contributed by atoms with Gasteiger partial charge in [-0.2, -0.15) is 0 Å². The second-order valence-electron chi connectivity index (χ2n) is 4.84. The highest BCUT2D eigenvalue weighted by Gasteiger charge is 2.11. The van der Waals surface area contributed by atoms with Crippen molar-refractivity contribution in [2.24, 2.45) is 0 Å². The van der Waals surface area contributed by atoms with Gasteiger partial charge in [0.05, 0.1) is 14.2 Å². The summed E-state index contributed by atoms with van der Waals surface area (Å²) >= 11 is 0. The third-order valence-corrected chi connectivity index (χ3v) is 3.49. The van der Waals surface area contributed by atoms with Crippen molar-refractivity contribution in [3.63, 3.8) is 0 Å². The summed E-state index contributed by atoms with van der Waals surface area (Å²) in [4.78, 5) is 0. The van der Waals surface area contributed by atoms with Gasteiger partial charge in [-0.3, -0.25) is 0 Å². The molecule has 2 aromatic rings. The lowest BCUT2D eigenvalue weighted by atomic mass is 10.1. The number of rotatable bonds is 6. The largest absolute Gasteiger partial charge is 0.508 e. The van der Waals surface area contributed by atoms with Crippen molar-refractivity contribution in [3.05, 3.63) is 53.6 Å². The third-order valence-electron chi connectivity index (χ3n) is 3.49. The fourth-order valence-electron chi connectivity index (χ4n) is 2.23. The molecule has 0 aliphatic heterocycles. The summed E-state index contributed by atoms with van der Waals surface area (Å²) in [6, 6.07) is 13.2. The molecule has 0 aliphatic rings. The summed E-state index contributed by atoms with van der Waals surface area (Å²) < 4.78 is 10.5. The quantitative estimate of drug-likeness (QED) is 0.856. The van der Waals surface area contributed by atoms with Crippen LogP contribution in [0.2, 0.25) is 0 Å². The summed E-state index contributed by atoms with van der Waals surface area (Å²) in [6.45, 7) is 2.61. The van der Waals surface area contributed by atoms with E-state index in [1.54, 1.807) is 26.4 Å². The van der Waals surface area contributed by atoms with Gasteiger partial charge in [-0.15, -0.1) is 0 Å². The number of nitrogens with one attached hydrogen (secondary N) is 1. The summed E-state index contributed by atoms with van der Waals surface area (Å²) in [5.74, 6) is 1.84. The summed E-state index contributed by atoms with van der Waals surface area (Å²) in [7, 11) is 3.28. The van der Waals surface area contributed by atoms with E-state index in [9.17, 15) is 5.11 Å². The Bertz CT molecular complexity index is 598. The Morgan fingerprint density at radius 2 is 1.86 bits per heavy atom. The number of phenolic OH excluding ortho intramolecular Hbond substituents is 1. The highest BCUT2D eigenvalue weighted by molar-refractivity contribution is 5.40. The normalized spacial score (nSPS) is 12.0. The number of para-hydroxylation sites is 1. The number of phenols is 1. The van der Waals surface area contributed by atoms with Crippen LogP contribution in [0.15, 0.2) is 42.5 Å². The summed E-state index contributed by atoms with van der Waals surface area (Å²) in [6.07, 6.45) is 0. The first kappa shape index (κ1) is 15.2. The zero-order chi connectivity index (χ0) is 15.2. The average Bonchev–Trinajstić information content (AvgIpc) is 2.53. The third kappa shape index (κ3) is 3.67. The molecule has 0 saturated carbocycles. The molecule has 2 aromatic carbocycles. The van der Waals surface area contributed by atoms with E-state index in [1.807, 2.05) is 30.3 Å². The average molecular weight is 287 g/mol. The van der Waals surface area contributed by atoms with Crippen LogP contribution in [-0.4, -0.2) is 19.3 Å². The topological polar surface area (TPSA) is 50.7 Å². The molecule has 2 N–H and O–H groups in total. The zero-order valence-corrected chi connectivity index (χ0v) is 12.6. The molecular formula is C17H21NO3. The van der Waals surface area contributed by atoms with Gasteiger partial charge in [0.1, 0.15) is 17.2 Å². The first-order valence-corrected chi connectivity index (χ1v) is 6.88. The highest BCUT2D eigenvalue weighted by atomic mass is 16.5. The molecule has 2 rings (SSSR count). The maximum Gasteiger partial charge on any atom is 0.123 e. The molecular weight excluding hydrogens is 266 g/mol. The second kappa shape index (κ2) is 6.99. The van der Waals surface area contributed by atoms with E-state index in [2.05, 4.69) is 12.2 Å². The molecule has 0 heterocycles. The molecule has 0 unspecified atom stereocenters. The van der Waals surface area contributed by atoms with E-state index in [-0.39, 0.29) is 11.8 Å². The van der Waals surface area contributed by atoms with Crippen LogP contribution in [0.25, 0.3) is 0 Å². The van der Waals surface area contributed by atoms with Crippen LogP contribution in [0.5, 0.6) is 17.2 Å². The van der Waals surface area contributed by atoms with E-state index >= 15 is 0 Å². The standard InChI is InChI=1S/C17H21NO3/c1-12(15-6-4-5-7-17(15)21-3)18-11-13-10-14(20-2)8-9-16(13)19/h4-10,12,18-19H,11H2,1-3H3/t12-/m1/s1. The number of hydrogen-bond donors (Lipinski definition) is 2. The molecule has 0 fully saturated rings. The van der Waals surface area contributed by atoms with Crippen molar-refractivity contribution in [3.8, 4) is 17.2 Å². The van der Waals surface area contributed by atoms with Gasteiger partial charge < -0.3 is 19.9 Å². The molecule has 0 bridgehead atoms. The zero-order valence-electron chi connectivity index (χ0n) is 12.6. The van der Waals surface area contributed by atoms with Crippen LogP contribution >= 0.6 is 0 Å². The van der Waals surface area contributed by atoms with Crippen LogP contribution < -0.4 is 14.8 Å². The lowest BCUT2D eigenvalue weighted by molar-refractivity contribution is 0.399. The molecule has 0 aromatic heterocycles. The van der Waals surface area contributed by atoms with E-state index < -0.39 is 0 Å². The van der Waals surface area contributed by atoms with Crippen LogP contribution in [0, 0.1) is 0 Å². The molecule has 0 radical (unpaired) electrons. The fraction of sp³-hybridized carbons (Fsp3) is 0.294. The Kier molecular flexibility index (Phi) is 5.06. The summed E-state index contributed by atoms with van der Waals surface area (Å²) in [5, 5.41) is 13.3. The van der Waals surface area contributed by atoms with Crippen LogP contribution in [0.3, 0.4) is 0 Å². The molecule has 1 atom stereocenters. The predicted molar refractivity (Wildman–Crippen MR) is 82.9 cm³/mol. The first-order valence-electron chi connectivity index (χ1n) is 6.88. The highest BCUT2D eigenvalue weighted by Crippen LogP contribution is 2.26. The smallest absolute Gasteiger partial charge is 0.123 e. The minimum atomic E-state index is 0.103. The van der Waals surface area contributed by atoms with Crippen molar-refractivity contribution >= 4 is 0 Å². The van der Waals surface area contributed by atoms with Crippen molar-refractivity contribution in [1.82, 2.24) is 5.32 Å². The lowest BCUT2D eigenvalue weighted by Crippen LogP contribution is -2.18. The molecule has 4 heteroatoms. The van der Waals surface area contributed by atoms with E-state index in [4.69, 9.17) is 9.47 Å². The predicted octanol–water partition coefficient (Wildman–Crippen LogP) is 3.26. The molecule has 0 spiro atoms. The molecule has 0 amide bonds. The number of hydrogen-bond acceptors (Lipinski definition) is 4. The minimum absolute atomic E-state index is 0.103. The van der Waals surface area contributed by atoms with Crippen molar-refractivity contribution < 1.29 is 14.6 Å². The van der Waals surface area contributed by atoms with Crippen molar-refractivity contribution in [2.75, 3.05) is 14.2 Å². The number of aromatic hydroxyl groups is 1. The Labute approximate surface area is 125 Å². The molecule has 4 nitrogen and oxygen atoms in total. The van der Waals surface area contributed by atoms with Crippen molar-refractivity contribution in [1.29, 1.82) is 0 Å². The van der Waals surface area contributed by atoms with E-state index in [0.717, 1.165) is 22.6 Å². The maximum atomic E-state index is 9.89. The van der Waals surface area contributed by atoms with Gasteiger partial charge in [-0.05, 0) is 31.2 Å². The number of methoxy groups -OCH3 is 2. The Hall–Kier alpha value is -2.20. The van der Waals surface area contributed by atoms with E-state index in [0.29, 0.717) is 6.54 Å². The van der Waals surface area contributed by atoms with Gasteiger partial charge in [0.2, 0.25) is 0 Å². The minimum Gasteiger partial charge on any atom is -0.508 e. The Morgan fingerprint density at radius 1 is 1.10 bits per heavy atom. The maximum absolute atomic E-state index is 9.89. The number of ether oxygens (including phenoxy) is 2. The first-order chi connectivity index (χ1) is 10.2. The van der Waals surface area contributed by atoms with Crippen LogP contribution in [0.1, 0.15) is 24.1 Å². The molecule has 112 valence electrons. The van der Waals surface area contributed by atoms with Gasteiger partial charge in [0, 0.05) is 23.7 Å². The Balaban J connectivity index is 2.09. The molecule has 0 aliphatic carbocycles. The van der Waals surface area contributed by atoms with Crippen LogP contribution in [0.4, 0.5) is 0 Å². The molecule has 0 saturated heterocycles. The van der Waals surface area contributed by atoms with Crippen LogP contribution in [-0.2, 0) is 6.54 Å². The van der Waals surface area contributed by atoms with Gasteiger partial charge in [0.15, 0.2) is 0 Å². The van der Waals surface area contributed by atoms with Gasteiger partial charge >= 0.3 is 0 Å². The van der Waals surface area contributed by atoms with Gasteiger partial charge in [-0.25, -0.2) is 0 Å². The molecule has 21 heavy (non-hydrogen) atoms. The van der Waals surface area contributed by atoms with Crippen molar-refractivity contribution in [2.45, 2.75) is 19.5 Å². The van der Waals surface area contributed by atoms with E-state index in [1.165, 1.54) is 0 Å². The lowest BCUT2D eigenvalue weighted by Gasteiger charge is -2.18. The SMILES string of the molecule is COc1ccc(O)c(CN[C@H](C)c2ccccc2OC)c1. The Morgan fingerprint density at radius 3 is 2.57 bits per heavy atom. The second-order valence-corrected chi connectivity index (χ2v) is 4.84.